The molecule has 7 heteroatoms. The van der Waals surface area contributed by atoms with Crippen LogP contribution in [0.1, 0.15) is 39.0 Å². The van der Waals surface area contributed by atoms with Crippen LogP contribution >= 0.6 is 0 Å². The van der Waals surface area contributed by atoms with Gasteiger partial charge in [0.05, 0.1) is 24.0 Å². The van der Waals surface area contributed by atoms with Gasteiger partial charge in [-0.1, -0.05) is 37.3 Å². The summed E-state index contributed by atoms with van der Waals surface area (Å²) >= 11 is 0. The van der Waals surface area contributed by atoms with E-state index >= 15 is 0 Å². The Balaban J connectivity index is 1.69. The Kier molecular flexibility index (Phi) is 5.17. The van der Waals surface area contributed by atoms with Gasteiger partial charge in [0.2, 0.25) is 0 Å². The highest BCUT2D eigenvalue weighted by atomic mass is 16.2. The maximum atomic E-state index is 12.5. The first-order valence-corrected chi connectivity index (χ1v) is 8.40. The number of aromatic nitrogens is 3. The van der Waals surface area contributed by atoms with Crippen LogP contribution in [0.2, 0.25) is 0 Å². The van der Waals surface area contributed by atoms with Crippen LogP contribution in [0, 0.1) is 0 Å². The lowest BCUT2D eigenvalue weighted by Crippen LogP contribution is -2.42. The van der Waals surface area contributed by atoms with Gasteiger partial charge in [-0.25, -0.2) is 0 Å². The molecule has 0 aliphatic rings. The summed E-state index contributed by atoms with van der Waals surface area (Å²) in [7, 11) is 1.76. The summed E-state index contributed by atoms with van der Waals surface area (Å²) in [5.74, 6) is -0.760. The van der Waals surface area contributed by atoms with E-state index in [9.17, 15) is 9.59 Å². The lowest BCUT2D eigenvalue weighted by atomic mass is 10.2. The highest BCUT2D eigenvalue weighted by molar-refractivity contribution is 5.98. The molecule has 0 fully saturated rings. The Morgan fingerprint density at radius 2 is 1.77 bits per heavy atom. The first-order valence-electron chi connectivity index (χ1n) is 8.40. The quantitative estimate of drug-likeness (QED) is 0.689. The van der Waals surface area contributed by atoms with E-state index in [0.29, 0.717) is 24.2 Å². The molecule has 0 radical (unpaired) electrons. The van der Waals surface area contributed by atoms with Crippen molar-refractivity contribution in [2.24, 2.45) is 7.05 Å². The van der Waals surface area contributed by atoms with Gasteiger partial charge in [0.1, 0.15) is 5.69 Å². The summed E-state index contributed by atoms with van der Waals surface area (Å²) in [6.07, 6.45) is 3.95. The Morgan fingerprint density at radius 1 is 1.04 bits per heavy atom. The fourth-order valence-corrected chi connectivity index (χ4v) is 2.81. The van der Waals surface area contributed by atoms with Crippen LogP contribution in [-0.4, -0.2) is 26.2 Å². The molecular weight excluding hydrogens is 330 g/mol. The molecule has 0 aliphatic carbocycles. The predicted molar refractivity (Wildman–Crippen MR) is 97.5 cm³/mol. The van der Waals surface area contributed by atoms with Crippen LogP contribution in [-0.2, 0) is 20.0 Å². The molecule has 0 spiro atoms. The highest BCUT2D eigenvalue weighted by Crippen LogP contribution is 2.12. The third kappa shape index (κ3) is 3.66. The maximum Gasteiger partial charge on any atom is 0.286 e. The highest BCUT2D eigenvalue weighted by Gasteiger charge is 2.17. The molecule has 134 valence electrons. The molecule has 0 atom stereocenters. The van der Waals surface area contributed by atoms with Gasteiger partial charge in [-0.3, -0.25) is 25.1 Å². The second-order valence-corrected chi connectivity index (χ2v) is 5.91. The predicted octanol–water partition coefficient (Wildman–Crippen LogP) is 1.91. The van der Waals surface area contributed by atoms with Gasteiger partial charge >= 0.3 is 0 Å². The minimum Gasteiger partial charge on any atom is -0.347 e. The van der Waals surface area contributed by atoms with Gasteiger partial charge in [0.15, 0.2) is 0 Å². The molecular formula is C19H21N5O2. The van der Waals surface area contributed by atoms with Crippen LogP contribution < -0.4 is 10.9 Å². The van der Waals surface area contributed by atoms with Crippen LogP contribution in [0.25, 0.3) is 0 Å². The number of hydrazine groups is 1. The van der Waals surface area contributed by atoms with Crippen molar-refractivity contribution in [3.63, 3.8) is 0 Å². The molecule has 0 saturated carbocycles. The number of hydrogen-bond acceptors (Lipinski definition) is 3. The fourth-order valence-electron chi connectivity index (χ4n) is 2.81. The van der Waals surface area contributed by atoms with Crippen LogP contribution in [0.3, 0.4) is 0 Å². The van der Waals surface area contributed by atoms with Crippen molar-refractivity contribution in [3.8, 4) is 0 Å². The monoisotopic (exact) mass is 351 g/mol. The number of nitrogens with zero attached hydrogens (tertiary/aromatic N) is 3. The van der Waals surface area contributed by atoms with E-state index in [2.05, 4.69) is 16.0 Å². The van der Waals surface area contributed by atoms with Gasteiger partial charge in [-0.15, -0.1) is 0 Å². The smallest absolute Gasteiger partial charge is 0.286 e. The van der Waals surface area contributed by atoms with E-state index < -0.39 is 0 Å². The summed E-state index contributed by atoms with van der Waals surface area (Å²) < 4.78 is 3.49. The van der Waals surface area contributed by atoms with Gasteiger partial charge in [0, 0.05) is 13.2 Å². The molecule has 0 unspecified atom stereocenters. The minimum absolute atomic E-state index is 0.374. The van der Waals surface area contributed by atoms with Crippen molar-refractivity contribution < 1.29 is 9.59 Å². The van der Waals surface area contributed by atoms with E-state index in [4.69, 9.17) is 0 Å². The third-order valence-electron chi connectivity index (χ3n) is 4.17. The SMILES string of the molecule is CCc1c(C(=O)NNC(=O)c2cccn2C)cnn1Cc1ccccc1. The number of carbonyl (C=O) groups is 2. The Hall–Kier alpha value is -3.35. The largest absolute Gasteiger partial charge is 0.347 e. The number of aryl methyl sites for hydroxylation is 1. The van der Waals surface area contributed by atoms with E-state index in [0.717, 1.165) is 11.3 Å². The maximum absolute atomic E-state index is 12.5. The average molecular weight is 351 g/mol. The van der Waals surface area contributed by atoms with Gasteiger partial charge in [-0.2, -0.15) is 5.10 Å². The summed E-state index contributed by atoms with van der Waals surface area (Å²) in [5.41, 5.74) is 7.74. The first kappa shape index (κ1) is 17.5. The van der Waals surface area contributed by atoms with Crippen molar-refractivity contribution >= 4 is 11.8 Å². The standard InChI is InChI=1S/C19H21N5O2/c1-3-16-15(12-20-24(16)13-14-8-5-4-6-9-14)18(25)21-22-19(26)17-10-7-11-23(17)2/h4-12H,3,13H2,1-2H3,(H,21,25)(H,22,26). The van der Waals surface area contributed by atoms with E-state index in [1.54, 1.807) is 29.9 Å². The van der Waals surface area contributed by atoms with Crippen LogP contribution in [0.4, 0.5) is 0 Å². The molecule has 2 heterocycles. The molecule has 2 aromatic heterocycles. The molecule has 1 aromatic carbocycles. The fraction of sp³-hybridized carbons (Fsp3) is 0.211. The molecule has 7 nitrogen and oxygen atoms in total. The summed E-state index contributed by atoms with van der Waals surface area (Å²) in [6, 6.07) is 13.4. The van der Waals surface area contributed by atoms with E-state index in [-0.39, 0.29) is 11.8 Å². The number of rotatable bonds is 5. The number of carbonyl (C=O) groups excluding carboxylic acids is 2. The van der Waals surface area contributed by atoms with E-state index in [1.165, 1.54) is 6.20 Å². The van der Waals surface area contributed by atoms with Crippen molar-refractivity contribution in [3.05, 3.63) is 77.4 Å². The molecule has 2 N–H and O–H groups in total. The summed E-state index contributed by atoms with van der Waals surface area (Å²) in [6.45, 7) is 2.56. The first-order chi connectivity index (χ1) is 12.6. The number of benzene rings is 1. The normalized spacial score (nSPS) is 10.5. The zero-order valence-electron chi connectivity index (χ0n) is 14.8. The van der Waals surface area contributed by atoms with Crippen molar-refractivity contribution in [2.45, 2.75) is 19.9 Å². The second kappa shape index (κ2) is 7.69. The van der Waals surface area contributed by atoms with Crippen molar-refractivity contribution in [2.75, 3.05) is 0 Å². The molecule has 3 aromatic rings. The Morgan fingerprint density at radius 3 is 2.42 bits per heavy atom. The zero-order chi connectivity index (χ0) is 18.5. The third-order valence-corrected chi connectivity index (χ3v) is 4.17. The number of amides is 2. The lowest BCUT2D eigenvalue weighted by molar-refractivity contribution is 0.0841. The Bertz CT molecular complexity index is 911. The molecule has 3 rings (SSSR count). The van der Waals surface area contributed by atoms with Gasteiger partial charge in [-0.05, 0) is 24.1 Å². The van der Waals surface area contributed by atoms with E-state index in [1.807, 2.05) is 41.9 Å². The zero-order valence-corrected chi connectivity index (χ0v) is 14.8. The summed E-state index contributed by atoms with van der Waals surface area (Å²) in [4.78, 5) is 24.6. The summed E-state index contributed by atoms with van der Waals surface area (Å²) in [5, 5.41) is 4.33. The second-order valence-electron chi connectivity index (χ2n) is 5.91. The van der Waals surface area contributed by atoms with Gasteiger partial charge in [0.25, 0.3) is 11.8 Å². The number of nitrogens with one attached hydrogen (secondary N) is 2. The minimum atomic E-state index is -0.385. The van der Waals surface area contributed by atoms with Crippen molar-refractivity contribution in [1.29, 1.82) is 0 Å². The molecule has 0 aliphatic heterocycles. The molecule has 0 saturated heterocycles. The molecule has 0 bridgehead atoms. The van der Waals surface area contributed by atoms with Gasteiger partial charge < -0.3 is 4.57 Å². The average Bonchev–Trinajstić information content (AvgIpc) is 3.26. The molecule has 26 heavy (non-hydrogen) atoms. The Labute approximate surface area is 151 Å². The number of hydrogen-bond donors (Lipinski definition) is 2. The van der Waals surface area contributed by atoms with Crippen LogP contribution in [0.15, 0.2) is 54.9 Å². The lowest BCUT2D eigenvalue weighted by Gasteiger charge is -2.10. The van der Waals surface area contributed by atoms with Crippen LogP contribution in [0.5, 0.6) is 0 Å². The topological polar surface area (TPSA) is 81.0 Å². The molecule has 2 amide bonds. The van der Waals surface area contributed by atoms with Crippen molar-refractivity contribution in [1.82, 2.24) is 25.2 Å².